The van der Waals surface area contributed by atoms with Crippen LogP contribution in [0.25, 0.3) is 0 Å². The van der Waals surface area contributed by atoms with E-state index < -0.39 is 0 Å². The summed E-state index contributed by atoms with van der Waals surface area (Å²) in [4.78, 5) is 17.2. The zero-order valence-corrected chi connectivity index (χ0v) is 11.9. The molecule has 3 heteroatoms. The summed E-state index contributed by atoms with van der Waals surface area (Å²) in [5, 5.41) is 0. The molecule has 1 fully saturated rings. The van der Waals surface area contributed by atoms with E-state index in [-0.39, 0.29) is 5.41 Å². The Balaban J connectivity index is 1.91. The molecule has 2 aromatic rings. The highest BCUT2D eigenvalue weighted by atomic mass is 16.1. The van der Waals surface area contributed by atoms with Crippen LogP contribution in [0.2, 0.25) is 0 Å². The van der Waals surface area contributed by atoms with Crippen molar-refractivity contribution >= 4 is 5.78 Å². The van der Waals surface area contributed by atoms with Gasteiger partial charge >= 0.3 is 0 Å². The van der Waals surface area contributed by atoms with Gasteiger partial charge in [-0.15, -0.1) is 0 Å². The molecule has 0 unspecified atom stereocenters. The van der Waals surface area contributed by atoms with Crippen molar-refractivity contribution in [2.45, 2.75) is 37.5 Å². The van der Waals surface area contributed by atoms with Crippen LogP contribution in [0.5, 0.6) is 0 Å². The Bertz CT molecular complexity index is 594. The lowest BCUT2D eigenvalue weighted by atomic mass is 9.74. The first kappa shape index (κ1) is 13.1. The lowest BCUT2D eigenvalue weighted by Gasteiger charge is -2.28. The molecule has 3 nitrogen and oxygen atoms in total. The number of rotatable bonds is 4. The van der Waals surface area contributed by atoms with Gasteiger partial charge in [0.25, 0.3) is 0 Å². The van der Waals surface area contributed by atoms with E-state index in [2.05, 4.69) is 17.1 Å². The molecule has 3 rings (SSSR count). The molecule has 1 aromatic heterocycles. The van der Waals surface area contributed by atoms with E-state index >= 15 is 0 Å². The molecule has 1 aliphatic rings. The third-order valence-corrected chi connectivity index (χ3v) is 4.56. The molecule has 0 atom stereocenters. The second-order valence-electron chi connectivity index (χ2n) is 5.71. The highest BCUT2D eigenvalue weighted by Gasteiger charge is 2.42. The van der Waals surface area contributed by atoms with Crippen LogP contribution in [0.1, 0.15) is 37.1 Å². The van der Waals surface area contributed by atoms with Gasteiger partial charge in [-0.2, -0.15) is 0 Å². The summed E-state index contributed by atoms with van der Waals surface area (Å²) in [6, 6.07) is 10.3. The number of Topliss-reactive ketones (excluding diaryl/α,β-unsaturated/α-hetero) is 1. The monoisotopic (exact) mass is 268 g/mol. The summed E-state index contributed by atoms with van der Waals surface area (Å²) in [5.74, 6) is 1.17. The Morgan fingerprint density at radius 2 is 1.95 bits per heavy atom. The van der Waals surface area contributed by atoms with E-state index in [1.807, 2.05) is 36.0 Å². The van der Waals surface area contributed by atoms with Gasteiger partial charge in [0, 0.05) is 19.4 Å². The summed E-state index contributed by atoms with van der Waals surface area (Å²) >= 11 is 0. The fourth-order valence-electron chi connectivity index (χ4n) is 3.34. The Labute approximate surface area is 119 Å². The molecule has 0 N–H and O–H groups in total. The van der Waals surface area contributed by atoms with E-state index in [0.717, 1.165) is 31.5 Å². The van der Waals surface area contributed by atoms with Gasteiger partial charge < -0.3 is 4.57 Å². The van der Waals surface area contributed by atoms with Crippen molar-refractivity contribution in [2.24, 2.45) is 7.05 Å². The minimum Gasteiger partial charge on any atom is -0.338 e. The number of hydrogen-bond acceptors (Lipinski definition) is 2. The van der Waals surface area contributed by atoms with E-state index in [1.165, 1.54) is 5.56 Å². The molecule has 0 aliphatic heterocycles. The number of imidazole rings is 1. The lowest BCUT2D eigenvalue weighted by Crippen LogP contribution is -2.34. The van der Waals surface area contributed by atoms with E-state index in [4.69, 9.17) is 0 Å². The average molecular weight is 268 g/mol. The van der Waals surface area contributed by atoms with Gasteiger partial charge in [0.15, 0.2) is 5.78 Å². The largest absolute Gasteiger partial charge is 0.338 e. The van der Waals surface area contributed by atoms with Crippen LogP contribution in [-0.2, 0) is 23.7 Å². The van der Waals surface area contributed by atoms with Gasteiger partial charge in [-0.1, -0.05) is 43.2 Å². The highest BCUT2D eigenvalue weighted by Crippen LogP contribution is 2.42. The number of hydrogen-bond donors (Lipinski definition) is 0. The normalized spacial score (nSPS) is 17.2. The fraction of sp³-hybridized carbons (Fsp3) is 0.412. The molecule has 104 valence electrons. The maximum atomic E-state index is 12.9. The first-order valence-corrected chi connectivity index (χ1v) is 7.27. The molecular weight excluding hydrogens is 248 g/mol. The van der Waals surface area contributed by atoms with Crippen LogP contribution in [0.15, 0.2) is 42.7 Å². The summed E-state index contributed by atoms with van der Waals surface area (Å²) in [5.41, 5.74) is 0.893. The summed E-state index contributed by atoms with van der Waals surface area (Å²) < 4.78 is 1.94. The van der Waals surface area contributed by atoms with Gasteiger partial charge in [0.05, 0.1) is 11.8 Å². The topological polar surface area (TPSA) is 34.9 Å². The van der Waals surface area contributed by atoms with Crippen LogP contribution >= 0.6 is 0 Å². The molecule has 1 aliphatic carbocycles. The molecule has 1 heterocycles. The summed E-state index contributed by atoms with van der Waals surface area (Å²) in [6.07, 6.45) is 8.31. The number of ketones is 1. The zero-order chi connectivity index (χ0) is 14.0. The number of aryl methyl sites for hydroxylation is 1. The molecule has 1 aromatic carbocycles. The standard InChI is InChI=1S/C17H20N2O/c1-19-12-11-18-16(19)13-15(20)17(9-5-6-10-17)14-7-3-2-4-8-14/h2-4,7-8,11-12H,5-6,9-10,13H2,1H3. The maximum absolute atomic E-state index is 12.9. The third kappa shape index (κ3) is 2.17. The molecule has 0 bridgehead atoms. The number of nitrogens with zero attached hydrogens (tertiary/aromatic N) is 2. The Morgan fingerprint density at radius 3 is 2.55 bits per heavy atom. The van der Waals surface area contributed by atoms with Crippen molar-refractivity contribution in [3.05, 3.63) is 54.1 Å². The maximum Gasteiger partial charge on any atom is 0.150 e. The minimum absolute atomic E-state index is 0.285. The lowest BCUT2D eigenvalue weighted by molar-refractivity contribution is -0.124. The minimum atomic E-state index is -0.285. The Hall–Kier alpha value is -1.90. The Kier molecular flexibility index (Phi) is 3.43. The van der Waals surface area contributed by atoms with Crippen molar-refractivity contribution in [1.82, 2.24) is 9.55 Å². The van der Waals surface area contributed by atoms with Crippen LogP contribution in [0.4, 0.5) is 0 Å². The van der Waals surface area contributed by atoms with Crippen molar-refractivity contribution < 1.29 is 4.79 Å². The second kappa shape index (κ2) is 5.23. The molecule has 0 spiro atoms. The number of carbonyl (C=O) groups is 1. The molecule has 0 amide bonds. The third-order valence-electron chi connectivity index (χ3n) is 4.56. The zero-order valence-electron chi connectivity index (χ0n) is 11.9. The quantitative estimate of drug-likeness (QED) is 0.854. The van der Waals surface area contributed by atoms with Crippen molar-refractivity contribution in [2.75, 3.05) is 0 Å². The SMILES string of the molecule is Cn1ccnc1CC(=O)C1(c2ccccc2)CCCC1. The van der Waals surface area contributed by atoms with Crippen LogP contribution in [0.3, 0.4) is 0 Å². The van der Waals surface area contributed by atoms with Crippen molar-refractivity contribution in [1.29, 1.82) is 0 Å². The first-order valence-electron chi connectivity index (χ1n) is 7.27. The van der Waals surface area contributed by atoms with Crippen LogP contribution in [0, 0.1) is 0 Å². The number of benzene rings is 1. The fourth-order valence-corrected chi connectivity index (χ4v) is 3.34. The molecule has 0 saturated heterocycles. The van der Waals surface area contributed by atoms with E-state index in [9.17, 15) is 4.79 Å². The van der Waals surface area contributed by atoms with Gasteiger partial charge in [0.1, 0.15) is 5.82 Å². The molecule has 0 radical (unpaired) electrons. The molecule has 1 saturated carbocycles. The number of carbonyl (C=O) groups excluding carboxylic acids is 1. The summed E-state index contributed by atoms with van der Waals surface area (Å²) in [6.45, 7) is 0. The first-order chi connectivity index (χ1) is 9.72. The predicted octanol–water partition coefficient (Wildman–Crippen LogP) is 3.04. The Morgan fingerprint density at radius 1 is 1.25 bits per heavy atom. The van der Waals surface area contributed by atoms with E-state index in [0.29, 0.717) is 12.2 Å². The van der Waals surface area contributed by atoms with Crippen molar-refractivity contribution in [3.63, 3.8) is 0 Å². The van der Waals surface area contributed by atoms with Crippen LogP contribution in [-0.4, -0.2) is 15.3 Å². The van der Waals surface area contributed by atoms with E-state index in [1.54, 1.807) is 6.20 Å². The molecular formula is C17H20N2O. The van der Waals surface area contributed by atoms with Crippen LogP contribution < -0.4 is 0 Å². The predicted molar refractivity (Wildman–Crippen MR) is 78.5 cm³/mol. The number of aromatic nitrogens is 2. The average Bonchev–Trinajstić information content (AvgIpc) is 3.11. The van der Waals surface area contributed by atoms with Crippen molar-refractivity contribution in [3.8, 4) is 0 Å². The summed E-state index contributed by atoms with van der Waals surface area (Å²) in [7, 11) is 1.94. The second-order valence-corrected chi connectivity index (χ2v) is 5.71. The molecule has 20 heavy (non-hydrogen) atoms. The van der Waals surface area contributed by atoms with Gasteiger partial charge in [-0.25, -0.2) is 4.98 Å². The smallest absolute Gasteiger partial charge is 0.150 e. The highest BCUT2D eigenvalue weighted by molar-refractivity contribution is 5.91. The van der Waals surface area contributed by atoms with Gasteiger partial charge in [-0.05, 0) is 18.4 Å². The van der Waals surface area contributed by atoms with Gasteiger partial charge in [-0.3, -0.25) is 4.79 Å². The van der Waals surface area contributed by atoms with Gasteiger partial charge in [0.2, 0.25) is 0 Å².